The summed E-state index contributed by atoms with van der Waals surface area (Å²) < 4.78 is 0. The maximum atomic E-state index is 11.2. The molecule has 3 N–H and O–H groups in total. The maximum absolute atomic E-state index is 11.2. The molecule has 2 bridgehead atoms. The Kier molecular flexibility index (Phi) is 1.57. The van der Waals surface area contributed by atoms with E-state index in [1.165, 1.54) is 12.8 Å². The zero-order valence-corrected chi connectivity index (χ0v) is 8.20. The molecular formula is C11H16N2O. The lowest BCUT2D eigenvalue weighted by Crippen LogP contribution is -2.50. The first kappa shape index (κ1) is 8.48. The molecule has 0 spiro atoms. The highest BCUT2D eigenvalue weighted by Crippen LogP contribution is 2.43. The number of hydrogen-bond acceptors (Lipinski definition) is 2. The Hall–Kier alpha value is -0.830. The SMILES string of the molecule is NC(=O)C1(NC2C[C@@H]3C=C[C@H]2C3)CC1. The molecule has 3 nitrogen and oxygen atoms in total. The molecule has 3 aliphatic rings. The van der Waals surface area contributed by atoms with Crippen molar-refractivity contribution in [3.8, 4) is 0 Å². The highest BCUT2D eigenvalue weighted by Gasteiger charge is 2.51. The minimum atomic E-state index is -0.330. The van der Waals surface area contributed by atoms with Crippen LogP contribution in [0.15, 0.2) is 12.2 Å². The standard InChI is InChI=1S/C11H16N2O/c12-10(14)11(3-4-11)13-9-6-7-1-2-8(9)5-7/h1-2,7-9,13H,3-6H2,(H2,12,14)/t7-,8+,9?/m1/s1. The van der Waals surface area contributed by atoms with E-state index in [9.17, 15) is 4.79 Å². The highest BCUT2D eigenvalue weighted by molar-refractivity contribution is 5.87. The summed E-state index contributed by atoms with van der Waals surface area (Å²) in [5, 5.41) is 3.47. The van der Waals surface area contributed by atoms with E-state index in [2.05, 4.69) is 17.5 Å². The van der Waals surface area contributed by atoms with E-state index in [4.69, 9.17) is 5.73 Å². The van der Waals surface area contributed by atoms with Crippen LogP contribution in [-0.2, 0) is 4.79 Å². The molecule has 0 aromatic carbocycles. The Labute approximate surface area is 83.7 Å². The van der Waals surface area contributed by atoms with E-state index >= 15 is 0 Å². The molecule has 3 atom stereocenters. The Bertz CT molecular complexity index is 306. The lowest BCUT2D eigenvalue weighted by molar-refractivity contribution is -0.121. The molecule has 0 saturated heterocycles. The van der Waals surface area contributed by atoms with Crippen LogP contribution in [-0.4, -0.2) is 17.5 Å². The lowest BCUT2D eigenvalue weighted by Gasteiger charge is -2.24. The van der Waals surface area contributed by atoms with Gasteiger partial charge in [-0.2, -0.15) is 0 Å². The fraction of sp³-hybridized carbons (Fsp3) is 0.727. The summed E-state index contributed by atoms with van der Waals surface area (Å²) in [6.07, 6.45) is 8.93. The molecule has 3 heteroatoms. The molecule has 1 amide bonds. The first-order chi connectivity index (χ1) is 6.70. The van der Waals surface area contributed by atoms with Crippen molar-refractivity contribution < 1.29 is 4.79 Å². The molecule has 0 radical (unpaired) electrons. The third kappa shape index (κ3) is 1.12. The van der Waals surface area contributed by atoms with Crippen LogP contribution in [0.5, 0.6) is 0 Å². The van der Waals surface area contributed by atoms with E-state index in [0.29, 0.717) is 12.0 Å². The molecule has 0 heterocycles. The minimum absolute atomic E-state index is 0.163. The fourth-order valence-electron chi connectivity index (χ4n) is 2.89. The smallest absolute Gasteiger partial charge is 0.237 e. The first-order valence-corrected chi connectivity index (χ1v) is 5.45. The number of primary amides is 1. The Morgan fingerprint density at radius 1 is 1.36 bits per heavy atom. The van der Waals surface area contributed by atoms with Crippen molar-refractivity contribution in [1.29, 1.82) is 0 Å². The van der Waals surface area contributed by atoms with Crippen LogP contribution in [0.25, 0.3) is 0 Å². The normalized spacial score (nSPS) is 41.6. The molecule has 3 rings (SSSR count). The minimum Gasteiger partial charge on any atom is -0.368 e. The van der Waals surface area contributed by atoms with Crippen molar-refractivity contribution in [3.05, 3.63) is 12.2 Å². The van der Waals surface area contributed by atoms with Crippen molar-refractivity contribution in [2.75, 3.05) is 0 Å². The topological polar surface area (TPSA) is 55.1 Å². The third-order valence-corrected chi connectivity index (χ3v) is 3.96. The summed E-state index contributed by atoms with van der Waals surface area (Å²) in [6.45, 7) is 0. The second-order valence-electron chi connectivity index (χ2n) is 4.98. The maximum Gasteiger partial charge on any atom is 0.237 e. The fourth-order valence-corrected chi connectivity index (χ4v) is 2.89. The second kappa shape index (κ2) is 2.60. The average molecular weight is 192 g/mol. The van der Waals surface area contributed by atoms with E-state index in [1.54, 1.807) is 0 Å². The second-order valence-corrected chi connectivity index (χ2v) is 4.98. The van der Waals surface area contributed by atoms with Crippen molar-refractivity contribution in [3.63, 3.8) is 0 Å². The predicted molar refractivity (Wildman–Crippen MR) is 53.4 cm³/mol. The summed E-state index contributed by atoms with van der Waals surface area (Å²) >= 11 is 0. The van der Waals surface area contributed by atoms with Crippen molar-refractivity contribution in [1.82, 2.24) is 5.32 Å². The summed E-state index contributed by atoms with van der Waals surface area (Å²) in [5.74, 6) is 1.24. The van der Waals surface area contributed by atoms with Gasteiger partial charge >= 0.3 is 0 Å². The molecule has 2 fully saturated rings. The number of amides is 1. The molecule has 2 saturated carbocycles. The van der Waals surface area contributed by atoms with Gasteiger partial charge in [0.1, 0.15) is 0 Å². The summed E-state index contributed by atoms with van der Waals surface area (Å²) in [7, 11) is 0. The predicted octanol–water partition coefficient (Wildman–Crippen LogP) is 0.558. The van der Waals surface area contributed by atoms with Gasteiger partial charge in [-0.3, -0.25) is 10.1 Å². The van der Waals surface area contributed by atoms with E-state index in [1.807, 2.05) is 0 Å². The van der Waals surface area contributed by atoms with Crippen LogP contribution in [0.2, 0.25) is 0 Å². The summed E-state index contributed by atoms with van der Waals surface area (Å²) in [5.41, 5.74) is 5.06. The number of carbonyl (C=O) groups is 1. The van der Waals surface area contributed by atoms with Crippen LogP contribution >= 0.6 is 0 Å². The number of nitrogens with one attached hydrogen (secondary N) is 1. The van der Waals surface area contributed by atoms with Crippen molar-refractivity contribution in [2.45, 2.75) is 37.3 Å². The van der Waals surface area contributed by atoms with Crippen LogP contribution in [0.1, 0.15) is 25.7 Å². The first-order valence-electron chi connectivity index (χ1n) is 5.45. The number of allylic oxidation sites excluding steroid dienone is 1. The van der Waals surface area contributed by atoms with Crippen molar-refractivity contribution >= 4 is 5.91 Å². The van der Waals surface area contributed by atoms with E-state index in [-0.39, 0.29) is 11.4 Å². The van der Waals surface area contributed by atoms with Gasteiger partial charge in [0.2, 0.25) is 5.91 Å². The van der Waals surface area contributed by atoms with Gasteiger partial charge in [-0.05, 0) is 37.5 Å². The molecule has 0 aromatic heterocycles. The van der Waals surface area contributed by atoms with Gasteiger partial charge in [-0.25, -0.2) is 0 Å². The molecule has 0 aliphatic heterocycles. The monoisotopic (exact) mass is 192 g/mol. The van der Waals surface area contributed by atoms with Crippen LogP contribution in [0, 0.1) is 11.8 Å². The number of carbonyl (C=O) groups excluding carboxylic acids is 1. The molecule has 1 unspecified atom stereocenters. The summed E-state index contributed by atoms with van der Waals surface area (Å²) in [6, 6.07) is 0.500. The third-order valence-electron chi connectivity index (χ3n) is 3.96. The van der Waals surface area contributed by atoms with Crippen LogP contribution in [0.3, 0.4) is 0 Å². The van der Waals surface area contributed by atoms with Crippen molar-refractivity contribution in [2.24, 2.45) is 17.6 Å². The number of fused-ring (bicyclic) bond motifs is 2. The quantitative estimate of drug-likeness (QED) is 0.642. The highest BCUT2D eigenvalue weighted by atomic mass is 16.1. The van der Waals surface area contributed by atoms with Gasteiger partial charge in [0, 0.05) is 6.04 Å². The zero-order valence-electron chi connectivity index (χ0n) is 8.20. The lowest BCUT2D eigenvalue weighted by atomic mass is 10.00. The van der Waals surface area contributed by atoms with Crippen LogP contribution < -0.4 is 11.1 Å². The molecular weight excluding hydrogens is 176 g/mol. The van der Waals surface area contributed by atoms with E-state index < -0.39 is 0 Å². The largest absolute Gasteiger partial charge is 0.368 e. The Balaban J connectivity index is 1.69. The van der Waals surface area contributed by atoms with Gasteiger partial charge in [-0.15, -0.1) is 0 Å². The number of rotatable bonds is 3. The van der Waals surface area contributed by atoms with Gasteiger partial charge in [-0.1, -0.05) is 12.2 Å². The Morgan fingerprint density at radius 2 is 2.14 bits per heavy atom. The average Bonchev–Trinajstić information content (AvgIpc) is 2.66. The Morgan fingerprint density at radius 3 is 2.57 bits per heavy atom. The zero-order chi connectivity index (χ0) is 9.76. The summed E-state index contributed by atoms with van der Waals surface area (Å²) in [4.78, 5) is 11.2. The van der Waals surface area contributed by atoms with Gasteiger partial charge in [0.05, 0.1) is 5.54 Å². The molecule has 3 aliphatic carbocycles. The van der Waals surface area contributed by atoms with Gasteiger partial charge < -0.3 is 5.73 Å². The molecule has 0 aromatic rings. The molecule has 14 heavy (non-hydrogen) atoms. The number of nitrogens with two attached hydrogens (primary N) is 1. The van der Waals surface area contributed by atoms with Gasteiger partial charge in [0.25, 0.3) is 0 Å². The van der Waals surface area contributed by atoms with E-state index in [0.717, 1.165) is 18.8 Å². The molecule has 76 valence electrons. The van der Waals surface area contributed by atoms with Gasteiger partial charge in [0.15, 0.2) is 0 Å². The number of hydrogen-bond donors (Lipinski definition) is 2. The van der Waals surface area contributed by atoms with Crippen LogP contribution in [0.4, 0.5) is 0 Å².